The molecule has 5 heteroatoms. The number of benzene rings is 7. The summed E-state index contributed by atoms with van der Waals surface area (Å²) in [5.41, 5.74) is 12.5. The van der Waals surface area contributed by atoms with Crippen molar-refractivity contribution in [3.8, 4) is 44.9 Å². The standard InChI is InChI=1S/C46H26N2O3/c1-3-10-27(11-4-1)29-20-23-38-36(24-29)44-45(51-38)43(28-12-5-2-6-13-28)47-46(48-44)35-15-9-17-39-42(35)34-22-19-31(26-41(34)50-39)30-18-21-33-32-14-7-8-16-37(32)49-40(33)25-30/h1-26H. The van der Waals surface area contributed by atoms with Crippen LogP contribution in [0.5, 0.6) is 0 Å². The smallest absolute Gasteiger partial charge is 0.180 e. The van der Waals surface area contributed by atoms with Crippen LogP contribution in [0.15, 0.2) is 171 Å². The zero-order valence-electron chi connectivity index (χ0n) is 27.1. The molecule has 0 saturated heterocycles. The number of rotatable bonds is 4. The molecule has 0 N–H and O–H groups in total. The van der Waals surface area contributed by atoms with Gasteiger partial charge in [0.25, 0.3) is 0 Å². The van der Waals surface area contributed by atoms with Gasteiger partial charge in [-0.1, -0.05) is 109 Å². The fraction of sp³-hybridized carbons (Fsp3) is 0. The third-order valence-corrected chi connectivity index (χ3v) is 9.92. The van der Waals surface area contributed by atoms with Gasteiger partial charge in [0.15, 0.2) is 11.4 Å². The van der Waals surface area contributed by atoms with Crippen LogP contribution in [-0.4, -0.2) is 9.97 Å². The SMILES string of the molecule is c1ccc(-c2ccc3oc4c(-c5ccccc5)nc(-c5cccc6oc7cc(-c8ccc9c(c8)oc8ccccc89)ccc7c56)nc4c3c2)cc1. The first kappa shape index (κ1) is 27.9. The van der Waals surface area contributed by atoms with Crippen LogP contribution in [0.3, 0.4) is 0 Å². The summed E-state index contributed by atoms with van der Waals surface area (Å²) >= 11 is 0. The van der Waals surface area contributed by atoms with Crippen molar-refractivity contribution in [2.45, 2.75) is 0 Å². The number of hydrogen-bond donors (Lipinski definition) is 0. The third kappa shape index (κ3) is 4.35. The maximum absolute atomic E-state index is 6.54. The largest absolute Gasteiger partial charge is 0.456 e. The highest BCUT2D eigenvalue weighted by molar-refractivity contribution is 6.14. The molecule has 0 fully saturated rings. The summed E-state index contributed by atoms with van der Waals surface area (Å²) in [6.45, 7) is 0. The van der Waals surface area contributed by atoms with E-state index in [9.17, 15) is 0 Å². The van der Waals surface area contributed by atoms with Gasteiger partial charge in [0.1, 0.15) is 39.1 Å². The van der Waals surface area contributed by atoms with Crippen LogP contribution >= 0.6 is 0 Å². The minimum Gasteiger partial charge on any atom is -0.456 e. The van der Waals surface area contributed by atoms with Crippen LogP contribution in [0.4, 0.5) is 0 Å². The monoisotopic (exact) mass is 654 g/mol. The molecule has 4 heterocycles. The average molecular weight is 655 g/mol. The van der Waals surface area contributed by atoms with Crippen LogP contribution in [-0.2, 0) is 0 Å². The van der Waals surface area contributed by atoms with Crippen LogP contribution < -0.4 is 0 Å². The van der Waals surface area contributed by atoms with Gasteiger partial charge in [-0.05, 0) is 70.8 Å². The maximum Gasteiger partial charge on any atom is 0.180 e. The molecule has 7 aromatic carbocycles. The fourth-order valence-electron chi connectivity index (χ4n) is 7.46. The molecular formula is C46H26N2O3. The van der Waals surface area contributed by atoms with E-state index in [1.807, 2.05) is 60.7 Å². The molecule has 11 rings (SSSR count). The Morgan fingerprint density at radius 1 is 0.353 bits per heavy atom. The lowest BCUT2D eigenvalue weighted by Crippen LogP contribution is -1.94. The summed E-state index contributed by atoms with van der Waals surface area (Å²) in [6.07, 6.45) is 0. The second kappa shape index (κ2) is 10.8. The molecule has 0 bridgehead atoms. The minimum atomic E-state index is 0.613. The summed E-state index contributed by atoms with van der Waals surface area (Å²) in [5.74, 6) is 0.613. The van der Waals surface area contributed by atoms with Crippen LogP contribution in [0, 0.1) is 0 Å². The van der Waals surface area contributed by atoms with E-state index in [1.165, 1.54) is 0 Å². The highest BCUT2D eigenvalue weighted by Crippen LogP contribution is 2.41. The van der Waals surface area contributed by atoms with E-state index in [4.69, 9.17) is 23.2 Å². The van der Waals surface area contributed by atoms with Gasteiger partial charge in [0, 0.05) is 38.1 Å². The average Bonchev–Trinajstić information content (AvgIpc) is 3.88. The first-order valence-electron chi connectivity index (χ1n) is 17.0. The molecule has 11 aromatic rings. The topological polar surface area (TPSA) is 65.2 Å². The predicted molar refractivity (Wildman–Crippen MR) is 206 cm³/mol. The number of para-hydroxylation sites is 1. The van der Waals surface area contributed by atoms with E-state index in [0.717, 1.165) is 99.4 Å². The van der Waals surface area contributed by atoms with Gasteiger partial charge >= 0.3 is 0 Å². The number of fused-ring (bicyclic) bond motifs is 9. The zero-order valence-corrected chi connectivity index (χ0v) is 27.1. The molecule has 51 heavy (non-hydrogen) atoms. The Hall–Kier alpha value is -6.98. The third-order valence-electron chi connectivity index (χ3n) is 9.92. The molecule has 0 radical (unpaired) electrons. The fourth-order valence-corrected chi connectivity index (χ4v) is 7.46. The van der Waals surface area contributed by atoms with E-state index in [2.05, 4.69) is 97.1 Å². The van der Waals surface area contributed by atoms with Crippen LogP contribution in [0.25, 0.3) is 111 Å². The van der Waals surface area contributed by atoms with E-state index in [-0.39, 0.29) is 0 Å². The van der Waals surface area contributed by atoms with Crippen molar-refractivity contribution < 1.29 is 13.3 Å². The Labute approximate surface area is 291 Å². The van der Waals surface area contributed by atoms with Crippen molar-refractivity contribution in [2.24, 2.45) is 0 Å². The molecular weight excluding hydrogens is 629 g/mol. The summed E-state index contributed by atoms with van der Waals surface area (Å²) < 4.78 is 19.2. The molecule has 0 aliphatic rings. The molecule has 0 unspecified atom stereocenters. The first-order valence-corrected chi connectivity index (χ1v) is 17.0. The zero-order chi connectivity index (χ0) is 33.5. The van der Waals surface area contributed by atoms with Crippen molar-refractivity contribution >= 4 is 65.9 Å². The van der Waals surface area contributed by atoms with Gasteiger partial charge in [-0.3, -0.25) is 0 Å². The van der Waals surface area contributed by atoms with Gasteiger partial charge in [0.05, 0.1) is 0 Å². The van der Waals surface area contributed by atoms with Crippen molar-refractivity contribution in [1.29, 1.82) is 0 Å². The molecule has 0 spiro atoms. The molecule has 238 valence electrons. The van der Waals surface area contributed by atoms with Gasteiger partial charge in [-0.2, -0.15) is 0 Å². The highest BCUT2D eigenvalue weighted by Gasteiger charge is 2.21. The van der Waals surface area contributed by atoms with Gasteiger partial charge in [-0.25, -0.2) is 9.97 Å². The number of aromatic nitrogens is 2. The summed E-state index contributed by atoms with van der Waals surface area (Å²) in [6, 6.07) is 53.9. The van der Waals surface area contributed by atoms with E-state index < -0.39 is 0 Å². The summed E-state index contributed by atoms with van der Waals surface area (Å²) in [4.78, 5) is 10.5. The molecule has 5 nitrogen and oxygen atoms in total. The molecule has 0 amide bonds. The Morgan fingerprint density at radius 3 is 1.78 bits per heavy atom. The number of nitrogens with zero attached hydrogens (tertiary/aromatic N) is 2. The second-order valence-electron chi connectivity index (χ2n) is 12.9. The summed E-state index contributed by atoms with van der Waals surface area (Å²) in [5, 5.41) is 5.15. The van der Waals surface area contributed by atoms with Crippen molar-refractivity contribution in [3.05, 3.63) is 158 Å². The van der Waals surface area contributed by atoms with Crippen LogP contribution in [0.2, 0.25) is 0 Å². The molecule has 0 atom stereocenters. The number of hydrogen-bond acceptors (Lipinski definition) is 5. The lowest BCUT2D eigenvalue weighted by Gasteiger charge is -2.07. The Balaban J connectivity index is 1.10. The first-order chi connectivity index (χ1) is 25.2. The van der Waals surface area contributed by atoms with Crippen molar-refractivity contribution in [2.75, 3.05) is 0 Å². The van der Waals surface area contributed by atoms with Gasteiger partial charge in [0.2, 0.25) is 0 Å². The van der Waals surface area contributed by atoms with E-state index in [0.29, 0.717) is 11.4 Å². The van der Waals surface area contributed by atoms with Gasteiger partial charge < -0.3 is 13.3 Å². The van der Waals surface area contributed by atoms with E-state index >= 15 is 0 Å². The number of furan rings is 3. The summed E-state index contributed by atoms with van der Waals surface area (Å²) in [7, 11) is 0. The molecule has 0 saturated carbocycles. The minimum absolute atomic E-state index is 0.613. The lowest BCUT2D eigenvalue weighted by atomic mass is 10.00. The second-order valence-corrected chi connectivity index (χ2v) is 12.9. The normalized spacial score (nSPS) is 11.9. The molecule has 0 aliphatic heterocycles. The quantitative estimate of drug-likeness (QED) is 0.189. The highest BCUT2D eigenvalue weighted by atomic mass is 16.3. The Morgan fingerprint density at radius 2 is 0.961 bits per heavy atom. The van der Waals surface area contributed by atoms with Crippen molar-refractivity contribution in [1.82, 2.24) is 9.97 Å². The Bertz CT molecular complexity index is 3130. The van der Waals surface area contributed by atoms with Crippen LogP contribution in [0.1, 0.15) is 0 Å². The molecule has 4 aromatic heterocycles. The predicted octanol–water partition coefficient (Wildman–Crippen LogP) is 12.8. The van der Waals surface area contributed by atoms with Crippen molar-refractivity contribution in [3.63, 3.8) is 0 Å². The molecule has 0 aliphatic carbocycles. The Kier molecular flexibility index (Phi) is 5.89. The lowest BCUT2D eigenvalue weighted by molar-refractivity contribution is 0.667. The van der Waals surface area contributed by atoms with E-state index in [1.54, 1.807) is 0 Å². The van der Waals surface area contributed by atoms with Gasteiger partial charge in [-0.15, -0.1) is 0 Å². The maximum atomic E-state index is 6.54.